The first kappa shape index (κ1) is 16.8. The highest BCUT2D eigenvalue weighted by molar-refractivity contribution is 6.01. The van der Waals surface area contributed by atoms with Crippen molar-refractivity contribution in [1.29, 1.82) is 0 Å². The van der Waals surface area contributed by atoms with Gasteiger partial charge in [-0.2, -0.15) is 0 Å². The Morgan fingerprint density at radius 2 is 1.48 bits per heavy atom. The van der Waals surface area contributed by atoms with Crippen LogP contribution in [0, 0.1) is 0 Å². The molecule has 9 nitrogen and oxygen atoms in total. The fourth-order valence-electron chi connectivity index (χ4n) is 2.83. The minimum Gasteiger partial charge on any atom is -0.353 e. The first-order valence-electron chi connectivity index (χ1n) is 8.61. The summed E-state index contributed by atoms with van der Waals surface area (Å²) < 4.78 is 0. The number of amides is 1. The number of anilines is 3. The number of carbonyl (C=O) groups is 1. The molecular weight excluding hydrogens is 344 g/mol. The van der Waals surface area contributed by atoms with Gasteiger partial charge in [-0.25, -0.2) is 24.9 Å². The van der Waals surface area contributed by atoms with E-state index in [2.05, 4.69) is 40.0 Å². The van der Waals surface area contributed by atoms with Crippen molar-refractivity contribution in [3.63, 3.8) is 0 Å². The van der Waals surface area contributed by atoms with E-state index >= 15 is 0 Å². The number of pyridine rings is 1. The highest BCUT2D eigenvalue weighted by atomic mass is 16.2. The monoisotopic (exact) mass is 362 g/mol. The molecule has 0 atom stereocenters. The van der Waals surface area contributed by atoms with Crippen LogP contribution in [0.15, 0.2) is 55.2 Å². The van der Waals surface area contributed by atoms with Gasteiger partial charge in [-0.3, -0.25) is 4.79 Å². The number of hydrogen-bond donors (Lipinski definition) is 1. The van der Waals surface area contributed by atoms with Crippen LogP contribution < -0.4 is 15.1 Å². The van der Waals surface area contributed by atoms with Gasteiger partial charge in [0.05, 0.1) is 18.1 Å². The molecule has 136 valence electrons. The number of nitrogens with zero attached hydrogens (tertiary/aromatic N) is 7. The zero-order valence-electron chi connectivity index (χ0n) is 14.6. The molecule has 1 amide bonds. The Hall–Kier alpha value is -3.62. The summed E-state index contributed by atoms with van der Waals surface area (Å²) in [6.45, 7) is 3.31. The van der Waals surface area contributed by atoms with Crippen molar-refractivity contribution in [2.75, 3.05) is 41.3 Å². The number of nitrogens with one attached hydrogen (secondary N) is 1. The average Bonchev–Trinajstić information content (AvgIpc) is 2.76. The summed E-state index contributed by atoms with van der Waals surface area (Å²) in [5, 5.41) is 2.69. The predicted octanol–water partition coefficient (Wildman–Crippen LogP) is 1.24. The maximum atomic E-state index is 12.1. The third-order valence-electron chi connectivity index (χ3n) is 4.20. The molecule has 27 heavy (non-hydrogen) atoms. The van der Waals surface area contributed by atoms with E-state index in [-0.39, 0.29) is 5.82 Å². The van der Waals surface area contributed by atoms with E-state index < -0.39 is 5.91 Å². The number of aromatic nitrogens is 5. The SMILES string of the molecule is O=C(Nc1cnc(N2CCN(c3ccccn3)CC2)nc1)c1ncccn1. The van der Waals surface area contributed by atoms with Crippen molar-refractivity contribution < 1.29 is 4.79 Å². The van der Waals surface area contributed by atoms with Crippen LogP contribution in [0.5, 0.6) is 0 Å². The Balaban J connectivity index is 1.35. The van der Waals surface area contributed by atoms with E-state index in [1.807, 2.05) is 18.2 Å². The summed E-state index contributed by atoms with van der Waals surface area (Å²) in [7, 11) is 0. The van der Waals surface area contributed by atoms with Crippen LogP contribution in [0.4, 0.5) is 17.5 Å². The predicted molar refractivity (Wildman–Crippen MR) is 101 cm³/mol. The van der Waals surface area contributed by atoms with Gasteiger partial charge >= 0.3 is 0 Å². The molecule has 4 rings (SSSR count). The summed E-state index contributed by atoms with van der Waals surface area (Å²) in [5.74, 6) is 1.34. The summed E-state index contributed by atoms with van der Waals surface area (Å²) in [6.07, 6.45) is 8.03. The highest BCUT2D eigenvalue weighted by Crippen LogP contribution is 2.16. The van der Waals surface area contributed by atoms with E-state index in [4.69, 9.17) is 0 Å². The molecule has 1 saturated heterocycles. The summed E-state index contributed by atoms with van der Waals surface area (Å²) >= 11 is 0. The first-order valence-corrected chi connectivity index (χ1v) is 8.61. The normalized spacial score (nSPS) is 14.1. The molecule has 1 aliphatic rings. The van der Waals surface area contributed by atoms with E-state index in [9.17, 15) is 4.79 Å². The van der Waals surface area contributed by atoms with E-state index in [0.717, 1.165) is 32.0 Å². The lowest BCUT2D eigenvalue weighted by atomic mass is 10.3. The molecule has 1 fully saturated rings. The molecule has 0 spiro atoms. The van der Waals surface area contributed by atoms with Gasteiger partial charge in [0.1, 0.15) is 5.82 Å². The van der Waals surface area contributed by atoms with Crippen molar-refractivity contribution in [1.82, 2.24) is 24.9 Å². The Kier molecular flexibility index (Phi) is 4.82. The zero-order valence-corrected chi connectivity index (χ0v) is 14.6. The highest BCUT2D eigenvalue weighted by Gasteiger charge is 2.20. The van der Waals surface area contributed by atoms with Gasteiger partial charge < -0.3 is 15.1 Å². The molecule has 1 N–H and O–H groups in total. The minimum absolute atomic E-state index is 0.104. The van der Waals surface area contributed by atoms with Gasteiger partial charge in [0.2, 0.25) is 11.8 Å². The second-order valence-corrected chi connectivity index (χ2v) is 5.96. The van der Waals surface area contributed by atoms with Crippen LogP contribution in [0.3, 0.4) is 0 Å². The van der Waals surface area contributed by atoms with Gasteiger partial charge in [-0.05, 0) is 18.2 Å². The van der Waals surface area contributed by atoms with Crippen LogP contribution >= 0.6 is 0 Å². The molecule has 3 aromatic heterocycles. The van der Waals surface area contributed by atoms with Crippen molar-refractivity contribution in [2.24, 2.45) is 0 Å². The fraction of sp³-hybridized carbons (Fsp3) is 0.222. The number of carbonyl (C=O) groups excluding carboxylic acids is 1. The van der Waals surface area contributed by atoms with Crippen molar-refractivity contribution in [2.45, 2.75) is 0 Å². The largest absolute Gasteiger partial charge is 0.353 e. The molecule has 1 aliphatic heterocycles. The molecule has 0 aromatic carbocycles. The molecule has 0 bridgehead atoms. The second kappa shape index (κ2) is 7.73. The van der Waals surface area contributed by atoms with Crippen molar-refractivity contribution in [3.8, 4) is 0 Å². The van der Waals surface area contributed by atoms with Crippen molar-refractivity contribution >= 4 is 23.4 Å². The van der Waals surface area contributed by atoms with Crippen LogP contribution in [0.1, 0.15) is 10.6 Å². The number of hydrogen-bond acceptors (Lipinski definition) is 8. The molecule has 0 radical (unpaired) electrons. The van der Waals surface area contributed by atoms with E-state index in [1.165, 1.54) is 12.4 Å². The van der Waals surface area contributed by atoms with E-state index in [1.54, 1.807) is 24.7 Å². The Labute approximate surface area is 156 Å². The standard InChI is InChI=1S/C18H18N8O/c27-17(16-20-6-3-7-21-16)24-14-12-22-18(23-13-14)26-10-8-25(9-11-26)15-4-1-2-5-19-15/h1-7,12-13H,8-11H2,(H,24,27). The zero-order chi connectivity index (χ0) is 18.5. The lowest BCUT2D eigenvalue weighted by Crippen LogP contribution is -2.47. The third-order valence-corrected chi connectivity index (χ3v) is 4.20. The van der Waals surface area contributed by atoms with Gasteiger partial charge in [-0.15, -0.1) is 0 Å². The molecule has 0 unspecified atom stereocenters. The van der Waals surface area contributed by atoms with Crippen molar-refractivity contribution in [3.05, 3.63) is 61.1 Å². The van der Waals surface area contributed by atoms with Crippen LogP contribution in [0.2, 0.25) is 0 Å². The Bertz CT molecular complexity index is 880. The van der Waals surface area contributed by atoms with Crippen LogP contribution in [0.25, 0.3) is 0 Å². The molecule has 0 saturated carbocycles. The Morgan fingerprint density at radius 1 is 0.815 bits per heavy atom. The molecule has 3 aromatic rings. The second-order valence-electron chi connectivity index (χ2n) is 5.96. The quantitative estimate of drug-likeness (QED) is 0.740. The smallest absolute Gasteiger partial charge is 0.293 e. The molecular formula is C18H18N8O. The maximum Gasteiger partial charge on any atom is 0.293 e. The molecule has 9 heteroatoms. The Morgan fingerprint density at radius 3 is 2.15 bits per heavy atom. The number of rotatable bonds is 4. The van der Waals surface area contributed by atoms with Crippen LogP contribution in [-0.4, -0.2) is 57.0 Å². The number of piperazine rings is 1. The summed E-state index contributed by atoms with van der Waals surface area (Å²) in [5.41, 5.74) is 0.503. The third kappa shape index (κ3) is 3.97. The minimum atomic E-state index is -0.393. The summed E-state index contributed by atoms with van der Waals surface area (Å²) in [4.78, 5) is 37.4. The van der Waals surface area contributed by atoms with Gasteiger partial charge in [0.25, 0.3) is 5.91 Å². The fourth-order valence-corrected chi connectivity index (χ4v) is 2.83. The van der Waals surface area contributed by atoms with Crippen LogP contribution in [-0.2, 0) is 0 Å². The van der Waals surface area contributed by atoms with Gasteiger partial charge in [0, 0.05) is 44.8 Å². The van der Waals surface area contributed by atoms with Gasteiger partial charge in [-0.1, -0.05) is 6.07 Å². The van der Waals surface area contributed by atoms with E-state index in [0.29, 0.717) is 11.6 Å². The average molecular weight is 362 g/mol. The molecule has 4 heterocycles. The first-order chi connectivity index (χ1) is 13.3. The topological polar surface area (TPSA) is 100 Å². The maximum absolute atomic E-state index is 12.1. The summed E-state index contributed by atoms with van der Waals surface area (Å²) in [6, 6.07) is 7.57. The van der Waals surface area contributed by atoms with Gasteiger partial charge in [0.15, 0.2) is 0 Å². The lowest BCUT2D eigenvalue weighted by molar-refractivity contribution is 0.101. The lowest BCUT2D eigenvalue weighted by Gasteiger charge is -2.35. The molecule has 0 aliphatic carbocycles.